The summed E-state index contributed by atoms with van der Waals surface area (Å²) < 4.78 is 6.95. The average Bonchev–Trinajstić information content (AvgIpc) is 2.75. The second-order valence-electron chi connectivity index (χ2n) is 3.08. The molecule has 14 heavy (non-hydrogen) atoms. The lowest BCUT2D eigenvalue weighted by molar-refractivity contribution is 0.411. The molecule has 2 aromatic rings. The predicted octanol–water partition coefficient (Wildman–Crippen LogP) is 2.03. The van der Waals surface area contributed by atoms with Gasteiger partial charge in [-0.2, -0.15) is 4.98 Å². The van der Waals surface area contributed by atoms with Crippen molar-refractivity contribution in [1.29, 1.82) is 0 Å². The van der Waals surface area contributed by atoms with Crippen LogP contribution in [-0.2, 0) is 7.05 Å². The Balaban J connectivity index is 2.49. The molecule has 0 aliphatic carbocycles. The first-order chi connectivity index (χ1) is 6.72. The van der Waals surface area contributed by atoms with E-state index in [1.165, 1.54) is 6.08 Å². The van der Waals surface area contributed by atoms with Crippen LogP contribution in [0.25, 0.3) is 17.6 Å². The van der Waals surface area contributed by atoms with Crippen LogP contribution in [0.4, 0.5) is 0 Å². The second-order valence-corrected chi connectivity index (χ2v) is 3.08. The molecule has 72 valence electrons. The molecule has 0 radical (unpaired) electrons. The highest BCUT2D eigenvalue weighted by atomic mass is 16.5. The van der Waals surface area contributed by atoms with Crippen molar-refractivity contribution in [2.24, 2.45) is 7.05 Å². The lowest BCUT2D eigenvalue weighted by Crippen LogP contribution is -1.94. The topological polar surface area (TPSA) is 43.9 Å². The maximum atomic E-state index is 4.94. The molecule has 0 N–H and O–H groups in total. The minimum Gasteiger partial charge on any atom is -0.345 e. The zero-order valence-electron chi connectivity index (χ0n) is 8.19. The maximum absolute atomic E-state index is 4.94. The van der Waals surface area contributed by atoms with E-state index in [0.717, 1.165) is 11.4 Å². The summed E-state index contributed by atoms with van der Waals surface area (Å²) >= 11 is 0. The Morgan fingerprint density at radius 3 is 2.79 bits per heavy atom. The SMILES string of the molecule is C=Cc1nc(-c2ccc(C)n2C)no1. The number of aromatic nitrogens is 3. The quantitative estimate of drug-likeness (QED) is 0.726. The van der Waals surface area contributed by atoms with Crippen LogP contribution in [0, 0.1) is 6.92 Å². The summed E-state index contributed by atoms with van der Waals surface area (Å²) in [5.41, 5.74) is 2.10. The van der Waals surface area contributed by atoms with Gasteiger partial charge in [0.15, 0.2) is 0 Å². The average molecular weight is 189 g/mol. The van der Waals surface area contributed by atoms with E-state index < -0.39 is 0 Å². The zero-order valence-corrected chi connectivity index (χ0v) is 8.19. The molecule has 0 atom stereocenters. The van der Waals surface area contributed by atoms with Gasteiger partial charge >= 0.3 is 0 Å². The van der Waals surface area contributed by atoms with E-state index in [4.69, 9.17) is 4.52 Å². The Morgan fingerprint density at radius 1 is 1.50 bits per heavy atom. The lowest BCUT2D eigenvalue weighted by Gasteiger charge is -1.98. The van der Waals surface area contributed by atoms with E-state index in [9.17, 15) is 0 Å². The molecule has 4 nitrogen and oxygen atoms in total. The molecule has 2 aromatic heterocycles. The molecule has 0 bridgehead atoms. The van der Waals surface area contributed by atoms with Gasteiger partial charge in [0, 0.05) is 12.7 Å². The number of nitrogens with zero attached hydrogens (tertiary/aromatic N) is 3. The van der Waals surface area contributed by atoms with E-state index >= 15 is 0 Å². The van der Waals surface area contributed by atoms with Crippen LogP contribution in [0.5, 0.6) is 0 Å². The first kappa shape index (κ1) is 8.74. The van der Waals surface area contributed by atoms with Gasteiger partial charge in [-0.05, 0) is 25.1 Å². The first-order valence-electron chi connectivity index (χ1n) is 4.31. The Hall–Kier alpha value is -1.84. The van der Waals surface area contributed by atoms with Crippen LogP contribution < -0.4 is 0 Å². The molecule has 2 heterocycles. The maximum Gasteiger partial charge on any atom is 0.250 e. The monoisotopic (exact) mass is 189 g/mol. The van der Waals surface area contributed by atoms with Crippen molar-refractivity contribution >= 4 is 6.08 Å². The van der Waals surface area contributed by atoms with Gasteiger partial charge < -0.3 is 9.09 Å². The Morgan fingerprint density at radius 2 is 2.29 bits per heavy atom. The molecule has 0 unspecified atom stereocenters. The molecule has 4 heteroatoms. The van der Waals surface area contributed by atoms with Crippen LogP contribution in [0.1, 0.15) is 11.6 Å². The minimum absolute atomic E-state index is 0.443. The van der Waals surface area contributed by atoms with E-state index in [2.05, 4.69) is 16.7 Å². The van der Waals surface area contributed by atoms with Gasteiger partial charge in [-0.3, -0.25) is 0 Å². The van der Waals surface area contributed by atoms with Crippen molar-refractivity contribution in [2.45, 2.75) is 6.92 Å². The first-order valence-corrected chi connectivity index (χ1v) is 4.31. The van der Waals surface area contributed by atoms with Crippen LogP contribution >= 0.6 is 0 Å². The Kier molecular flexibility index (Phi) is 1.96. The molecule has 0 saturated carbocycles. The fourth-order valence-electron chi connectivity index (χ4n) is 1.26. The Labute approximate surface area is 81.9 Å². The van der Waals surface area contributed by atoms with Crippen molar-refractivity contribution in [3.63, 3.8) is 0 Å². The van der Waals surface area contributed by atoms with Crippen molar-refractivity contribution in [3.8, 4) is 11.5 Å². The van der Waals surface area contributed by atoms with E-state index in [1.807, 2.05) is 30.7 Å². The van der Waals surface area contributed by atoms with Gasteiger partial charge in [0.05, 0.1) is 5.69 Å². The zero-order chi connectivity index (χ0) is 10.1. The van der Waals surface area contributed by atoms with Crippen molar-refractivity contribution in [2.75, 3.05) is 0 Å². The summed E-state index contributed by atoms with van der Waals surface area (Å²) in [4.78, 5) is 4.16. The summed E-state index contributed by atoms with van der Waals surface area (Å²) in [6, 6.07) is 3.98. The minimum atomic E-state index is 0.443. The summed E-state index contributed by atoms with van der Waals surface area (Å²) in [7, 11) is 1.97. The summed E-state index contributed by atoms with van der Waals surface area (Å²) in [5, 5.41) is 3.85. The number of hydrogen-bond donors (Lipinski definition) is 0. The third kappa shape index (κ3) is 1.25. The second kappa shape index (κ2) is 3.14. The van der Waals surface area contributed by atoms with E-state index in [1.54, 1.807) is 0 Å². The third-order valence-corrected chi connectivity index (χ3v) is 2.22. The van der Waals surface area contributed by atoms with Gasteiger partial charge in [-0.25, -0.2) is 0 Å². The third-order valence-electron chi connectivity index (χ3n) is 2.22. The highest BCUT2D eigenvalue weighted by Crippen LogP contribution is 2.18. The van der Waals surface area contributed by atoms with Gasteiger partial charge in [-0.1, -0.05) is 11.7 Å². The highest BCUT2D eigenvalue weighted by Gasteiger charge is 2.10. The Bertz CT molecular complexity index is 467. The van der Waals surface area contributed by atoms with Crippen molar-refractivity contribution in [3.05, 3.63) is 30.3 Å². The van der Waals surface area contributed by atoms with Gasteiger partial charge in [0.1, 0.15) is 0 Å². The van der Waals surface area contributed by atoms with Crippen LogP contribution in [0.2, 0.25) is 0 Å². The number of rotatable bonds is 2. The number of hydrogen-bond acceptors (Lipinski definition) is 3. The molecule has 0 aromatic carbocycles. The molecule has 0 aliphatic rings. The summed E-state index contributed by atoms with van der Waals surface area (Å²) in [6.45, 7) is 5.59. The van der Waals surface area contributed by atoms with Crippen molar-refractivity contribution in [1.82, 2.24) is 14.7 Å². The smallest absolute Gasteiger partial charge is 0.250 e. The van der Waals surface area contributed by atoms with Crippen LogP contribution in [0.3, 0.4) is 0 Å². The van der Waals surface area contributed by atoms with Gasteiger partial charge in [-0.15, -0.1) is 0 Å². The predicted molar refractivity (Wildman–Crippen MR) is 53.5 cm³/mol. The molecule has 2 rings (SSSR count). The molecule has 0 fully saturated rings. The van der Waals surface area contributed by atoms with Crippen LogP contribution in [-0.4, -0.2) is 14.7 Å². The standard InChI is InChI=1S/C10H11N3O/c1-4-9-11-10(12-14-9)8-6-5-7(2)13(8)3/h4-6H,1H2,2-3H3. The molecule has 0 spiro atoms. The highest BCUT2D eigenvalue weighted by molar-refractivity contribution is 5.52. The summed E-state index contributed by atoms with van der Waals surface area (Å²) in [5.74, 6) is 1.04. The molecular weight excluding hydrogens is 178 g/mol. The molecule has 0 aliphatic heterocycles. The van der Waals surface area contributed by atoms with Crippen LogP contribution in [0.15, 0.2) is 23.2 Å². The molecular formula is C10H11N3O. The van der Waals surface area contributed by atoms with Gasteiger partial charge in [0.25, 0.3) is 0 Å². The fraction of sp³-hybridized carbons (Fsp3) is 0.200. The van der Waals surface area contributed by atoms with Crippen molar-refractivity contribution < 1.29 is 4.52 Å². The largest absolute Gasteiger partial charge is 0.345 e. The normalized spacial score (nSPS) is 10.4. The lowest BCUT2D eigenvalue weighted by atomic mass is 10.4. The van der Waals surface area contributed by atoms with E-state index in [0.29, 0.717) is 11.7 Å². The van der Waals surface area contributed by atoms with Gasteiger partial charge in [0.2, 0.25) is 11.7 Å². The molecule has 0 amide bonds. The van der Waals surface area contributed by atoms with E-state index in [-0.39, 0.29) is 0 Å². The number of aryl methyl sites for hydroxylation is 1. The fourth-order valence-corrected chi connectivity index (χ4v) is 1.26. The molecule has 0 saturated heterocycles. The summed E-state index contributed by atoms with van der Waals surface area (Å²) in [6.07, 6.45) is 1.53.